The SMILES string of the molecule is Cl.Cl.Clc1nccc(N2CCNCC2)n1. The van der Waals surface area contributed by atoms with Gasteiger partial charge in [-0.2, -0.15) is 0 Å². The van der Waals surface area contributed by atoms with E-state index in [0.717, 1.165) is 32.0 Å². The molecule has 0 amide bonds. The van der Waals surface area contributed by atoms with Crippen molar-refractivity contribution < 1.29 is 0 Å². The molecule has 2 rings (SSSR count). The van der Waals surface area contributed by atoms with E-state index in [1.54, 1.807) is 6.20 Å². The van der Waals surface area contributed by atoms with E-state index in [9.17, 15) is 0 Å². The fourth-order valence-corrected chi connectivity index (χ4v) is 1.54. The van der Waals surface area contributed by atoms with Gasteiger partial charge in [-0.15, -0.1) is 24.8 Å². The second-order valence-electron chi connectivity index (χ2n) is 2.92. The topological polar surface area (TPSA) is 41.1 Å². The van der Waals surface area contributed by atoms with E-state index in [-0.39, 0.29) is 24.8 Å². The molecule has 0 aromatic carbocycles. The van der Waals surface area contributed by atoms with Crippen molar-refractivity contribution in [1.82, 2.24) is 15.3 Å². The summed E-state index contributed by atoms with van der Waals surface area (Å²) in [7, 11) is 0. The zero-order valence-corrected chi connectivity index (χ0v) is 10.4. The molecule has 1 fully saturated rings. The van der Waals surface area contributed by atoms with Gasteiger partial charge >= 0.3 is 0 Å². The maximum atomic E-state index is 5.70. The van der Waals surface area contributed by atoms with Crippen LogP contribution in [0.3, 0.4) is 0 Å². The first kappa shape index (κ1) is 14.7. The van der Waals surface area contributed by atoms with E-state index in [4.69, 9.17) is 11.6 Å². The molecule has 0 atom stereocenters. The summed E-state index contributed by atoms with van der Waals surface area (Å²) in [6.07, 6.45) is 1.69. The van der Waals surface area contributed by atoms with Crippen LogP contribution in [0, 0.1) is 0 Å². The van der Waals surface area contributed by atoms with Gasteiger partial charge in [0.1, 0.15) is 5.82 Å². The second-order valence-corrected chi connectivity index (χ2v) is 3.26. The fraction of sp³-hybridized carbons (Fsp3) is 0.500. The second kappa shape index (κ2) is 7.06. The van der Waals surface area contributed by atoms with Gasteiger partial charge in [0.2, 0.25) is 5.28 Å². The third-order valence-corrected chi connectivity index (χ3v) is 2.23. The van der Waals surface area contributed by atoms with Gasteiger partial charge in [0.15, 0.2) is 0 Å². The van der Waals surface area contributed by atoms with Crippen molar-refractivity contribution in [3.05, 3.63) is 17.5 Å². The van der Waals surface area contributed by atoms with Crippen LogP contribution in [0.1, 0.15) is 0 Å². The van der Waals surface area contributed by atoms with Crippen LogP contribution in [-0.2, 0) is 0 Å². The molecule has 0 unspecified atom stereocenters. The molecule has 7 heteroatoms. The van der Waals surface area contributed by atoms with E-state index < -0.39 is 0 Å². The van der Waals surface area contributed by atoms with Crippen molar-refractivity contribution in [2.45, 2.75) is 0 Å². The Kier molecular flexibility index (Phi) is 6.92. The summed E-state index contributed by atoms with van der Waals surface area (Å²) in [4.78, 5) is 10.2. The molecule has 1 aromatic rings. The Morgan fingerprint density at radius 1 is 1.27 bits per heavy atom. The number of nitrogens with one attached hydrogen (secondary N) is 1. The monoisotopic (exact) mass is 270 g/mol. The predicted molar refractivity (Wildman–Crippen MR) is 66.6 cm³/mol. The van der Waals surface area contributed by atoms with Crippen molar-refractivity contribution in [3.8, 4) is 0 Å². The summed E-state index contributed by atoms with van der Waals surface area (Å²) in [6, 6.07) is 1.89. The van der Waals surface area contributed by atoms with Gasteiger partial charge in [-0.25, -0.2) is 9.97 Å². The van der Waals surface area contributed by atoms with Crippen LogP contribution in [0.15, 0.2) is 12.3 Å². The first-order chi connectivity index (χ1) is 6.36. The lowest BCUT2D eigenvalue weighted by molar-refractivity contribution is 0.584. The number of hydrogen-bond donors (Lipinski definition) is 1. The molecule has 15 heavy (non-hydrogen) atoms. The third kappa shape index (κ3) is 3.99. The van der Waals surface area contributed by atoms with Crippen LogP contribution in [0.5, 0.6) is 0 Å². The Bertz CT molecular complexity index is 291. The number of hydrogen-bond acceptors (Lipinski definition) is 4. The largest absolute Gasteiger partial charge is 0.354 e. The van der Waals surface area contributed by atoms with Gasteiger partial charge in [0.05, 0.1) is 0 Å². The Hall–Kier alpha value is -0.290. The molecule has 0 saturated carbocycles. The first-order valence-electron chi connectivity index (χ1n) is 4.30. The highest BCUT2D eigenvalue weighted by Crippen LogP contribution is 2.12. The Labute approximate surface area is 106 Å². The smallest absolute Gasteiger partial charge is 0.224 e. The van der Waals surface area contributed by atoms with E-state index >= 15 is 0 Å². The molecule has 1 aliphatic heterocycles. The molecule has 1 saturated heterocycles. The highest BCUT2D eigenvalue weighted by molar-refractivity contribution is 6.28. The maximum absolute atomic E-state index is 5.70. The number of nitrogens with zero attached hydrogens (tertiary/aromatic N) is 3. The predicted octanol–water partition coefficient (Wildman–Crippen LogP) is 1.38. The third-order valence-electron chi connectivity index (χ3n) is 2.05. The molecule has 0 aliphatic carbocycles. The van der Waals surface area contributed by atoms with Crippen molar-refractivity contribution in [3.63, 3.8) is 0 Å². The Balaban J connectivity index is 0.000000980. The molecule has 1 aromatic heterocycles. The minimum Gasteiger partial charge on any atom is -0.354 e. The summed E-state index contributed by atoms with van der Waals surface area (Å²) < 4.78 is 0. The minimum absolute atomic E-state index is 0. The number of anilines is 1. The fourth-order valence-electron chi connectivity index (χ4n) is 1.40. The van der Waals surface area contributed by atoms with Crippen molar-refractivity contribution >= 4 is 42.2 Å². The maximum Gasteiger partial charge on any atom is 0.224 e. The number of rotatable bonds is 1. The lowest BCUT2D eigenvalue weighted by atomic mass is 10.3. The zero-order valence-electron chi connectivity index (χ0n) is 8.02. The highest BCUT2D eigenvalue weighted by atomic mass is 35.5. The molecule has 2 heterocycles. The van der Waals surface area contributed by atoms with Gasteiger partial charge in [-0.3, -0.25) is 0 Å². The Morgan fingerprint density at radius 2 is 1.93 bits per heavy atom. The average Bonchev–Trinajstić information content (AvgIpc) is 2.19. The van der Waals surface area contributed by atoms with Gasteiger partial charge < -0.3 is 10.2 Å². The molecule has 0 radical (unpaired) electrons. The van der Waals surface area contributed by atoms with Crippen LogP contribution < -0.4 is 10.2 Å². The lowest BCUT2D eigenvalue weighted by Crippen LogP contribution is -2.43. The summed E-state index contributed by atoms with van der Waals surface area (Å²) in [5, 5.41) is 3.60. The molecule has 1 N–H and O–H groups in total. The molecule has 4 nitrogen and oxygen atoms in total. The van der Waals surface area contributed by atoms with Gasteiger partial charge in [0.25, 0.3) is 0 Å². The molecule has 0 bridgehead atoms. The standard InChI is InChI=1S/C8H11ClN4.2ClH/c9-8-11-2-1-7(12-8)13-5-3-10-4-6-13;;/h1-2,10H,3-6H2;2*1H. The van der Waals surface area contributed by atoms with Crippen LogP contribution in [0.2, 0.25) is 5.28 Å². The lowest BCUT2D eigenvalue weighted by Gasteiger charge is -2.28. The van der Waals surface area contributed by atoms with Gasteiger partial charge in [-0.1, -0.05) is 0 Å². The zero-order chi connectivity index (χ0) is 9.10. The molecule has 86 valence electrons. The number of aromatic nitrogens is 2. The quantitative estimate of drug-likeness (QED) is 0.784. The molecule has 1 aliphatic rings. The van der Waals surface area contributed by atoms with Gasteiger partial charge in [0, 0.05) is 32.4 Å². The van der Waals surface area contributed by atoms with Crippen molar-refractivity contribution in [2.75, 3.05) is 31.1 Å². The van der Waals surface area contributed by atoms with Crippen LogP contribution in [0.25, 0.3) is 0 Å². The Morgan fingerprint density at radius 3 is 2.53 bits per heavy atom. The van der Waals surface area contributed by atoms with E-state index in [1.807, 2.05) is 6.07 Å². The first-order valence-corrected chi connectivity index (χ1v) is 4.68. The van der Waals surface area contributed by atoms with E-state index in [1.165, 1.54) is 0 Å². The molecule has 0 spiro atoms. The minimum atomic E-state index is 0. The van der Waals surface area contributed by atoms with Crippen LogP contribution in [0.4, 0.5) is 5.82 Å². The van der Waals surface area contributed by atoms with Crippen LogP contribution in [-0.4, -0.2) is 36.1 Å². The van der Waals surface area contributed by atoms with E-state index in [2.05, 4.69) is 20.2 Å². The van der Waals surface area contributed by atoms with Crippen molar-refractivity contribution in [2.24, 2.45) is 0 Å². The normalized spacial score (nSPS) is 15.1. The van der Waals surface area contributed by atoms with Crippen molar-refractivity contribution in [1.29, 1.82) is 0 Å². The number of halogens is 3. The van der Waals surface area contributed by atoms with Crippen LogP contribution >= 0.6 is 36.4 Å². The molecular weight excluding hydrogens is 258 g/mol. The van der Waals surface area contributed by atoms with Gasteiger partial charge in [-0.05, 0) is 17.7 Å². The summed E-state index contributed by atoms with van der Waals surface area (Å²) >= 11 is 5.70. The highest BCUT2D eigenvalue weighted by Gasteiger charge is 2.11. The summed E-state index contributed by atoms with van der Waals surface area (Å²) in [6.45, 7) is 3.96. The summed E-state index contributed by atoms with van der Waals surface area (Å²) in [5.74, 6) is 0.918. The summed E-state index contributed by atoms with van der Waals surface area (Å²) in [5.41, 5.74) is 0. The van der Waals surface area contributed by atoms with E-state index in [0.29, 0.717) is 5.28 Å². The number of piperazine rings is 1. The average molecular weight is 272 g/mol. The molecular formula is C8H13Cl3N4.